The summed E-state index contributed by atoms with van der Waals surface area (Å²) in [5.74, 6) is 0. The van der Waals surface area contributed by atoms with Crippen molar-refractivity contribution in [1.82, 2.24) is 5.32 Å². The van der Waals surface area contributed by atoms with Gasteiger partial charge in [-0.3, -0.25) is 0 Å². The topological polar surface area (TPSA) is 24.1 Å². The maximum atomic E-state index is 12.7. The molecule has 2 nitrogen and oxygen atoms in total. The lowest BCUT2D eigenvalue weighted by Crippen LogP contribution is -2.35. The zero-order valence-corrected chi connectivity index (χ0v) is 12.3. The minimum atomic E-state index is -4.82. The predicted octanol–water partition coefficient (Wildman–Crippen LogP) is 4.67. The summed E-state index contributed by atoms with van der Waals surface area (Å²) in [5, 5.41) is 5.95. The first kappa shape index (κ1) is 17.9. The van der Waals surface area contributed by atoms with Crippen molar-refractivity contribution in [3.8, 4) is 0 Å². The van der Waals surface area contributed by atoms with E-state index in [1.54, 1.807) is 0 Å². The van der Waals surface area contributed by atoms with Crippen LogP contribution in [0.25, 0.3) is 0 Å². The lowest BCUT2D eigenvalue weighted by Gasteiger charge is -2.23. The number of alkyl halides is 6. The molecule has 1 saturated heterocycles. The maximum absolute atomic E-state index is 12.7. The Kier molecular flexibility index (Phi) is 5.44. The quantitative estimate of drug-likeness (QED) is 0.779. The van der Waals surface area contributed by atoms with E-state index in [2.05, 4.69) is 10.6 Å². The van der Waals surface area contributed by atoms with Crippen LogP contribution in [0.4, 0.5) is 32.0 Å². The van der Waals surface area contributed by atoms with Crippen LogP contribution in [0.3, 0.4) is 0 Å². The van der Waals surface area contributed by atoms with Gasteiger partial charge < -0.3 is 10.6 Å². The van der Waals surface area contributed by atoms with Crippen molar-refractivity contribution in [2.24, 2.45) is 0 Å². The molecule has 1 heterocycles. The van der Waals surface area contributed by atoms with Crippen LogP contribution in [-0.2, 0) is 12.4 Å². The van der Waals surface area contributed by atoms with E-state index in [1.807, 2.05) is 0 Å². The highest BCUT2D eigenvalue weighted by molar-refractivity contribution is 5.50. The second-order valence-corrected chi connectivity index (χ2v) is 5.66. The van der Waals surface area contributed by atoms with Crippen LogP contribution in [0.5, 0.6) is 0 Å². The summed E-state index contributed by atoms with van der Waals surface area (Å²) >= 11 is 0. The molecule has 0 bridgehead atoms. The van der Waals surface area contributed by atoms with Gasteiger partial charge in [-0.15, -0.1) is 0 Å². The fraction of sp³-hybridized carbons (Fsp3) is 0.600. The highest BCUT2D eigenvalue weighted by atomic mass is 19.4. The first-order valence-corrected chi connectivity index (χ1v) is 7.43. The van der Waals surface area contributed by atoms with Gasteiger partial charge in [-0.25, -0.2) is 0 Å². The van der Waals surface area contributed by atoms with Gasteiger partial charge in [0, 0.05) is 18.3 Å². The second-order valence-electron chi connectivity index (χ2n) is 5.66. The largest absolute Gasteiger partial charge is 0.416 e. The third-order valence-electron chi connectivity index (χ3n) is 3.82. The molecule has 0 aliphatic carbocycles. The molecule has 1 aliphatic heterocycles. The van der Waals surface area contributed by atoms with Crippen LogP contribution in [0, 0.1) is 0 Å². The van der Waals surface area contributed by atoms with Crippen LogP contribution in [0.1, 0.15) is 36.8 Å². The van der Waals surface area contributed by atoms with E-state index in [0.29, 0.717) is 25.1 Å². The fourth-order valence-electron chi connectivity index (χ4n) is 2.62. The molecule has 1 aromatic carbocycles. The second kappa shape index (κ2) is 6.98. The van der Waals surface area contributed by atoms with Crippen molar-refractivity contribution in [2.45, 2.75) is 44.1 Å². The molecule has 1 fully saturated rings. The molecule has 1 aliphatic rings. The SMILES string of the molecule is FC(F)(F)c1cc(NCCC2CCCCN2)cc(C(F)(F)F)c1. The molecular formula is C15H18F6N2. The Morgan fingerprint density at radius 2 is 1.57 bits per heavy atom. The van der Waals surface area contributed by atoms with Crippen LogP contribution >= 0.6 is 0 Å². The molecule has 0 radical (unpaired) electrons. The average molecular weight is 340 g/mol. The van der Waals surface area contributed by atoms with Gasteiger partial charge >= 0.3 is 12.4 Å². The smallest absolute Gasteiger partial charge is 0.385 e. The predicted molar refractivity (Wildman–Crippen MR) is 75.2 cm³/mol. The first-order valence-electron chi connectivity index (χ1n) is 7.43. The van der Waals surface area contributed by atoms with Gasteiger partial charge in [0.25, 0.3) is 0 Å². The van der Waals surface area contributed by atoms with Crippen molar-refractivity contribution in [1.29, 1.82) is 0 Å². The molecule has 1 atom stereocenters. The van der Waals surface area contributed by atoms with Gasteiger partial charge in [0.15, 0.2) is 0 Å². The molecule has 23 heavy (non-hydrogen) atoms. The molecule has 0 saturated carbocycles. The van der Waals surface area contributed by atoms with E-state index in [-0.39, 0.29) is 17.8 Å². The summed E-state index contributed by atoms with van der Waals surface area (Å²) in [6.45, 7) is 1.21. The summed E-state index contributed by atoms with van der Waals surface area (Å²) < 4.78 is 76.5. The molecular weight excluding hydrogens is 322 g/mol. The molecule has 8 heteroatoms. The molecule has 2 rings (SSSR count). The van der Waals surface area contributed by atoms with Crippen molar-refractivity contribution in [3.63, 3.8) is 0 Å². The van der Waals surface area contributed by atoms with Crippen LogP contribution < -0.4 is 10.6 Å². The number of hydrogen-bond acceptors (Lipinski definition) is 2. The van der Waals surface area contributed by atoms with Crippen molar-refractivity contribution < 1.29 is 26.3 Å². The summed E-state index contributed by atoms with van der Waals surface area (Å²) in [4.78, 5) is 0. The van der Waals surface area contributed by atoms with Crippen LogP contribution in [-0.4, -0.2) is 19.1 Å². The number of hydrogen-bond donors (Lipinski definition) is 2. The summed E-state index contributed by atoms with van der Waals surface area (Å²) in [6, 6.07) is 1.81. The van der Waals surface area contributed by atoms with Gasteiger partial charge in [-0.05, 0) is 44.0 Å². The van der Waals surface area contributed by atoms with E-state index >= 15 is 0 Å². The molecule has 0 amide bonds. The Hall–Kier alpha value is -1.44. The zero-order valence-electron chi connectivity index (χ0n) is 12.3. The highest BCUT2D eigenvalue weighted by Gasteiger charge is 2.36. The minimum absolute atomic E-state index is 0.133. The van der Waals surface area contributed by atoms with Crippen molar-refractivity contribution in [3.05, 3.63) is 29.3 Å². The van der Waals surface area contributed by atoms with E-state index in [9.17, 15) is 26.3 Å². The van der Waals surface area contributed by atoms with Gasteiger partial charge in [-0.1, -0.05) is 6.42 Å². The number of anilines is 1. The van der Waals surface area contributed by atoms with Crippen molar-refractivity contribution in [2.75, 3.05) is 18.4 Å². The lowest BCUT2D eigenvalue weighted by molar-refractivity contribution is -0.143. The summed E-state index contributed by atoms with van der Waals surface area (Å²) in [5.41, 5.74) is -2.76. The number of benzene rings is 1. The van der Waals surface area contributed by atoms with E-state index in [4.69, 9.17) is 0 Å². The van der Waals surface area contributed by atoms with Gasteiger partial charge in [0.1, 0.15) is 0 Å². The van der Waals surface area contributed by atoms with E-state index in [0.717, 1.165) is 25.8 Å². The van der Waals surface area contributed by atoms with Gasteiger partial charge in [0.05, 0.1) is 11.1 Å². The summed E-state index contributed by atoms with van der Waals surface area (Å²) in [7, 11) is 0. The zero-order chi connectivity index (χ0) is 17.1. The average Bonchev–Trinajstić information content (AvgIpc) is 2.46. The van der Waals surface area contributed by atoms with E-state index in [1.165, 1.54) is 0 Å². The maximum Gasteiger partial charge on any atom is 0.416 e. The molecule has 2 N–H and O–H groups in total. The lowest BCUT2D eigenvalue weighted by atomic mass is 10.0. The number of rotatable bonds is 4. The Morgan fingerprint density at radius 3 is 2.04 bits per heavy atom. The third-order valence-corrected chi connectivity index (χ3v) is 3.82. The molecule has 1 unspecified atom stereocenters. The molecule has 0 aromatic heterocycles. The molecule has 130 valence electrons. The number of nitrogens with one attached hydrogen (secondary N) is 2. The van der Waals surface area contributed by atoms with Gasteiger partial charge in [0.2, 0.25) is 0 Å². The van der Waals surface area contributed by atoms with Crippen LogP contribution in [0.15, 0.2) is 18.2 Å². The summed E-state index contributed by atoms with van der Waals surface area (Å²) in [6.07, 6.45) is -5.84. The van der Waals surface area contributed by atoms with E-state index < -0.39 is 23.5 Å². The first-order chi connectivity index (χ1) is 10.7. The molecule has 1 aromatic rings. The van der Waals surface area contributed by atoms with Crippen molar-refractivity contribution >= 4 is 5.69 Å². The Bertz CT molecular complexity index is 485. The fourth-order valence-corrected chi connectivity index (χ4v) is 2.62. The highest BCUT2D eigenvalue weighted by Crippen LogP contribution is 2.37. The Labute approximate surface area is 130 Å². The Morgan fingerprint density at radius 1 is 0.957 bits per heavy atom. The third kappa shape index (κ3) is 5.30. The number of halogens is 6. The van der Waals surface area contributed by atoms with Crippen LogP contribution in [0.2, 0.25) is 0 Å². The van der Waals surface area contributed by atoms with Gasteiger partial charge in [-0.2, -0.15) is 26.3 Å². The number of piperidine rings is 1. The monoisotopic (exact) mass is 340 g/mol. The minimum Gasteiger partial charge on any atom is -0.385 e. The molecule has 0 spiro atoms. The normalized spacial score (nSPS) is 19.7. The standard InChI is InChI=1S/C15H18F6N2/c16-14(17,18)10-7-11(15(19,20)21)9-13(8-10)23-6-4-12-3-1-2-5-22-12/h7-9,12,22-23H,1-6H2. The Balaban J connectivity index is 2.07.